The van der Waals surface area contributed by atoms with E-state index in [0.717, 1.165) is 19.3 Å². The molecule has 0 aliphatic carbocycles. The summed E-state index contributed by atoms with van der Waals surface area (Å²) in [5.41, 5.74) is 1.59. The minimum absolute atomic E-state index is 0.0448. The number of hydrogen-bond acceptors (Lipinski definition) is 8. The van der Waals surface area contributed by atoms with Crippen LogP contribution in [-0.2, 0) is 6.42 Å². The van der Waals surface area contributed by atoms with Crippen LogP contribution in [0, 0.1) is 0 Å². The number of para-hydroxylation sites is 1. The number of H-pyrrole nitrogens is 1. The van der Waals surface area contributed by atoms with Gasteiger partial charge in [-0.1, -0.05) is 36.4 Å². The van der Waals surface area contributed by atoms with Crippen LogP contribution < -0.4 is 10.1 Å². The molecule has 1 aromatic heterocycles. The van der Waals surface area contributed by atoms with Crippen molar-refractivity contribution in [2.24, 2.45) is 0 Å². The Kier molecular flexibility index (Phi) is 8.33. The van der Waals surface area contributed by atoms with Crippen molar-refractivity contribution in [3.8, 4) is 11.5 Å². The fourth-order valence-corrected chi connectivity index (χ4v) is 3.63. The third-order valence-corrected chi connectivity index (χ3v) is 5.60. The number of amides is 1. The number of hydrogen-bond donors (Lipinski definition) is 3. The number of tetrazole rings is 1. The highest BCUT2D eigenvalue weighted by molar-refractivity contribution is 6.14. The summed E-state index contributed by atoms with van der Waals surface area (Å²) < 4.78 is 5.77. The summed E-state index contributed by atoms with van der Waals surface area (Å²) in [6.07, 6.45) is 2.38. The van der Waals surface area contributed by atoms with Gasteiger partial charge in [0, 0.05) is 5.56 Å². The van der Waals surface area contributed by atoms with Gasteiger partial charge >= 0.3 is 0 Å². The van der Waals surface area contributed by atoms with Gasteiger partial charge < -0.3 is 15.2 Å². The molecule has 3 N–H and O–H groups in total. The van der Waals surface area contributed by atoms with Crippen LogP contribution in [0.4, 0.5) is 5.69 Å². The van der Waals surface area contributed by atoms with Crippen LogP contribution in [0.3, 0.4) is 0 Å². The Morgan fingerprint density at radius 3 is 2.41 bits per heavy atom. The van der Waals surface area contributed by atoms with Crippen LogP contribution in [0.5, 0.6) is 11.5 Å². The maximum Gasteiger partial charge on any atom is 0.255 e. The molecule has 0 bridgehead atoms. The van der Waals surface area contributed by atoms with E-state index in [1.807, 2.05) is 18.2 Å². The number of rotatable bonds is 12. The molecule has 0 saturated heterocycles. The van der Waals surface area contributed by atoms with E-state index in [2.05, 4.69) is 38.1 Å². The molecule has 1 amide bonds. The Morgan fingerprint density at radius 2 is 1.68 bits per heavy atom. The number of phenolic OH excluding ortho intramolecular Hbond substituents is 1. The summed E-state index contributed by atoms with van der Waals surface area (Å²) in [4.78, 5) is 37.3. The smallest absolute Gasteiger partial charge is 0.255 e. The minimum Gasteiger partial charge on any atom is -0.505 e. The Hall–Kier alpha value is -4.86. The van der Waals surface area contributed by atoms with E-state index in [1.165, 1.54) is 23.8 Å². The maximum absolute atomic E-state index is 12.7. The number of Topliss-reactive ketones (excluding diaryl/α,β-unsaturated/α-hetero) is 2. The molecule has 10 heteroatoms. The number of aromatic hydroxyl groups is 1. The van der Waals surface area contributed by atoms with E-state index in [4.69, 9.17) is 4.74 Å². The van der Waals surface area contributed by atoms with Crippen molar-refractivity contribution < 1.29 is 24.2 Å². The number of aromatic nitrogens is 4. The lowest BCUT2D eigenvalue weighted by Crippen LogP contribution is -2.14. The number of nitrogens with one attached hydrogen (secondary N) is 2. The minimum atomic E-state index is -0.639. The molecule has 1 heterocycles. The molecule has 4 rings (SSSR count). The van der Waals surface area contributed by atoms with Crippen molar-refractivity contribution in [3.63, 3.8) is 0 Å². The summed E-state index contributed by atoms with van der Waals surface area (Å²) in [6, 6.07) is 21.2. The normalized spacial score (nSPS) is 10.6. The SMILES string of the molecule is O=C(Nc1cccc(C(=O)CC(=O)c2nnn[nH]2)c1O)c1ccc(OCCCCc2ccccc2)cc1. The summed E-state index contributed by atoms with van der Waals surface area (Å²) in [7, 11) is 0. The number of unbranched alkanes of at least 4 members (excludes halogenated alkanes) is 1. The first-order valence-corrected chi connectivity index (χ1v) is 11.7. The highest BCUT2D eigenvalue weighted by Gasteiger charge is 2.21. The quantitative estimate of drug-likeness (QED) is 0.115. The Balaban J connectivity index is 1.29. The van der Waals surface area contributed by atoms with Crippen LogP contribution in [0.15, 0.2) is 72.8 Å². The number of carbonyl (C=O) groups is 3. The van der Waals surface area contributed by atoms with Gasteiger partial charge in [-0.2, -0.15) is 0 Å². The summed E-state index contributed by atoms with van der Waals surface area (Å²) in [5, 5.41) is 25.5. The number of carbonyl (C=O) groups excluding carboxylic acids is 3. The van der Waals surface area contributed by atoms with Crippen LogP contribution in [0.2, 0.25) is 0 Å². The number of benzene rings is 3. The van der Waals surface area contributed by atoms with Gasteiger partial charge in [0.15, 0.2) is 5.78 Å². The molecule has 0 atom stereocenters. The van der Waals surface area contributed by atoms with E-state index >= 15 is 0 Å². The number of aryl methyl sites for hydroxylation is 1. The van der Waals surface area contributed by atoms with E-state index in [9.17, 15) is 19.5 Å². The molecular weight excluding hydrogens is 474 g/mol. The molecular formula is C27H25N5O5. The average molecular weight is 500 g/mol. The molecule has 0 saturated carbocycles. The molecule has 0 fully saturated rings. The lowest BCUT2D eigenvalue weighted by atomic mass is 10.0. The van der Waals surface area contributed by atoms with Crippen LogP contribution in [-0.4, -0.2) is 49.8 Å². The average Bonchev–Trinajstić information content (AvgIpc) is 3.46. The monoisotopic (exact) mass is 499 g/mol. The van der Waals surface area contributed by atoms with Gasteiger partial charge in [0.1, 0.15) is 11.5 Å². The van der Waals surface area contributed by atoms with E-state index in [1.54, 1.807) is 24.3 Å². The first-order valence-electron chi connectivity index (χ1n) is 11.7. The zero-order chi connectivity index (χ0) is 26.0. The fraction of sp³-hybridized carbons (Fsp3) is 0.185. The molecule has 0 aliphatic rings. The van der Waals surface area contributed by atoms with Crippen LogP contribution in [0.1, 0.15) is 56.2 Å². The van der Waals surface area contributed by atoms with Crippen molar-refractivity contribution in [1.29, 1.82) is 0 Å². The highest BCUT2D eigenvalue weighted by atomic mass is 16.5. The Bertz CT molecular complexity index is 1360. The zero-order valence-corrected chi connectivity index (χ0v) is 19.9. The third-order valence-electron chi connectivity index (χ3n) is 5.60. The van der Waals surface area contributed by atoms with Gasteiger partial charge in [0.05, 0.1) is 24.3 Å². The molecule has 0 unspecified atom stereocenters. The number of ether oxygens (including phenoxy) is 1. The number of aromatic amines is 1. The van der Waals surface area contributed by atoms with Crippen LogP contribution in [0.25, 0.3) is 0 Å². The second kappa shape index (κ2) is 12.2. The van der Waals surface area contributed by atoms with E-state index in [-0.39, 0.29) is 17.1 Å². The van der Waals surface area contributed by atoms with Gasteiger partial charge in [-0.15, -0.1) is 5.10 Å². The van der Waals surface area contributed by atoms with Gasteiger partial charge in [0.25, 0.3) is 5.91 Å². The van der Waals surface area contributed by atoms with Gasteiger partial charge in [0.2, 0.25) is 11.6 Å². The molecule has 0 radical (unpaired) electrons. The molecule has 10 nitrogen and oxygen atoms in total. The van der Waals surface area contributed by atoms with Crippen LogP contribution >= 0.6 is 0 Å². The number of ketones is 2. The van der Waals surface area contributed by atoms with Crippen molar-refractivity contribution in [2.75, 3.05) is 11.9 Å². The first kappa shape index (κ1) is 25.2. The second-order valence-corrected chi connectivity index (χ2v) is 8.24. The summed E-state index contributed by atoms with van der Waals surface area (Å²) in [6.45, 7) is 0.572. The third kappa shape index (κ3) is 6.85. The van der Waals surface area contributed by atoms with Crippen molar-refractivity contribution in [2.45, 2.75) is 25.7 Å². The number of nitrogens with zero attached hydrogens (tertiary/aromatic N) is 3. The molecule has 0 spiro atoms. The predicted octanol–water partition coefficient (Wildman–Crippen LogP) is 4.02. The van der Waals surface area contributed by atoms with Crippen molar-refractivity contribution >= 4 is 23.2 Å². The molecule has 37 heavy (non-hydrogen) atoms. The Labute approximate surface area is 212 Å². The van der Waals surface area contributed by atoms with Crippen molar-refractivity contribution in [3.05, 3.63) is 95.3 Å². The second-order valence-electron chi connectivity index (χ2n) is 8.24. The lowest BCUT2D eigenvalue weighted by molar-refractivity contribution is 0.0886. The summed E-state index contributed by atoms with van der Waals surface area (Å²) in [5.74, 6) is -1.67. The van der Waals surface area contributed by atoms with Crippen molar-refractivity contribution in [1.82, 2.24) is 20.6 Å². The molecule has 0 aliphatic heterocycles. The molecule has 4 aromatic rings. The predicted molar refractivity (Wildman–Crippen MR) is 135 cm³/mol. The topological polar surface area (TPSA) is 147 Å². The molecule has 188 valence electrons. The van der Waals surface area contributed by atoms with E-state index in [0.29, 0.717) is 17.9 Å². The summed E-state index contributed by atoms with van der Waals surface area (Å²) >= 11 is 0. The van der Waals surface area contributed by atoms with E-state index < -0.39 is 29.6 Å². The number of phenols is 1. The first-order chi connectivity index (χ1) is 18.0. The lowest BCUT2D eigenvalue weighted by Gasteiger charge is -2.11. The molecule has 3 aromatic carbocycles. The fourth-order valence-electron chi connectivity index (χ4n) is 3.63. The maximum atomic E-state index is 12.7. The number of anilines is 1. The largest absolute Gasteiger partial charge is 0.505 e. The zero-order valence-electron chi connectivity index (χ0n) is 19.9. The Morgan fingerprint density at radius 1 is 0.892 bits per heavy atom. The van der Waals surface area contributed by atoms with Gasteiger partial charge in [-0.25, -0.2) is 5.10 Å². The standard InChI is InChI=1S/C27H25N5O5/c33-23(17-24(34)26-29-31-32-30-26)21-10-6-11-22(25(21)35)28-27(36)19-12-14-20(15-13-19)37-16-5-4-9-18-7-2-1-3-8-18/h1-3,6-8,10-15,35H,4-5,9,16-17H2,(H,28,36)(H,29,30,31,32). The van der Waals surface area contributed by atoms with Gasteiger partial charge in [-0.3, -0.25) is 14.4 Å². The highest BCUT2D eigenvalue weighted by Crippen LogP contribution is 2.29. The van der Waals surface area contributed by atoms with Gasteiger partial charge in [-0.05, 0) is 71.7 Å².